The minimum Gasteiger partial charge on any atom is -0.507 e. The van der Waals surface area contributed by atoms with Crippen molar-refractivity contribution < 1.29 is 53.4 Å². The molecule has 38 heavy (non-hydrogen) atoms. The van der Waals surface area contributed by atoms with Crippen molar-refractivity contribution in [3.05, 3.63) is 72.4 Å². The van der Waals surface area contributed by atoms with Crippen molar-refractivity contribution in [1.29, 1.82) is 0 Å². The molecule has 0 fully saturated rings. The van der Waals surface area contributed by atoms with E-state index >= 15 is 0 Å². The number of pyridine rings is 1. The zero-order valence-electron chi connectivity index (χ0n) is 19.0. The van der Waals surface area contributed by atoms with Crippen LogP contribution in [0.1, 0.15) is 10.4 Å². The fraction of sp³-hybridized carbons (Fsp3) is 0.0909. The van der Waals surface area contributed by atoms with E-state index in [9.17, 15) is 27.9 Å². The number of aliphatic hydroxyl groups excluding tert-OH is 2. The zero-order valence-corrected chi connectivity index (χ0v) is 19.8. The Kier molecular flexibility index (Phi) is 9.91. The average molecular weight is 548 g/mol. The third-order valence-electron chi connectivity index (χ3n) is 4.35. The number of sulfonamides is 1. The SMILES string of the molecule is O=C(O)C(O)C(O)C(=O)O.O=C(O)c1cc(N=Nc2ccc(S(=O)(=O)Nc3ccccn3)cc2)ccc1O. The average Bonchev–Trinajstić information content (AvgIpc) is 2.88. The van der Waals surface area contributed by atoms with Crippen LogP contribution in [-0.4, -0.2) is 74.2 Å². The highest BCUT2D eigenvalue weighted by Crippen LogP contribution is 2.26. The number of azo groups is 1. The first-order valence-electron chi connectivity index (χ1n) is 10.2. The second-order valence-corrected chi connectivity index (χ2v) is 8.77. The highest BCUT2D eigenvalue weighted by molar-refractivity contribution is 7.92. The number of aromatic nitrogens is 1. The van der Waals surface area contributed by atoms with Gasteiger partial charge in [0.25, 0.3) is 10.0 Å². The molecule has 2 atom stereocenters. The lowest BCUT2D eigenvalue weighted by Crippen LogP contribution is -2.39. The summed E-state index contributed by atoms with van der Waals surface area (Å²) >= 11 is 0. The molecule has 0 radical (unpaired) electrons. The molecule has 2 unspecified atom stereocenters. The normalized spacial score (nSPS) is 12.6. The molecule has 0 aliphatic rings. The Morgan fingerprint density at radius 1 is 0.816 bits per heavy atom. The van der Waals surface area contributed by atoms with E-state index in [2.05, 4.69) is 19.9 Å². The summed E-state index contributed by atoms with van der Waals surface area (Å²) in [5, 5.41) is 58.8. The van der Waals surface area contributed by atoms with Crippen molar-refractivity contribution in [2.24, 2.45) is 10.2 Å². The van der Waals surface area contributed by atoms with Gasteiger partial charge in [-0.3, -0.25) is 4.72 Å². The quantitative estimate of drug-likeness (QED) is 0.188. The van der Waals surface area contributed by atoms with Crippen LogP contribution in [-0.2, 0) is 19.6 Å². The number of aromatic hydroxyl groups is 1. The van der Waals surface area contributed by atoms with Gasteiger partial charge in [0, 0.05) is 6.20 Å². The molecule has 1 aromatic heterocycles. The maximum absolute atomic E-state index is 12.3. The van der Waals surface area contributed by atoms with Crippen LogP contribution in [0, 0.1) is 0 Å². The Morgan fingerprint density at radius 2 is 1.37 bits per heavy atom. The van der Waals surface area contributed by atoms with E-state index in [1.165, 1.54) is 54.7 Å². The summed E-state index contributed by atoms with van der Waals surface area (Å²) in [7, 11) is -3.79. The van der Waals surface area contributed by atoms with Gasteiger partial charge >= 0.3 is 17.9 Å². The highest BCUT2D eigenvalue weighted by Gasteiger charge is 2.29. The number of benzene rings is 2. The van der Waals surface area contributed by atoms with Gasteiger partial charge in [0.05, 0.1) is 16.3 Å². The van der Waals surface area contributed by atoms with Crippen LogP contribution in [0.2, 0.25) is 0 Å². The summed E-state index contributed by atoms with van der Waals surface area (Å²) in [5.74, 6) is -5.00. The molecule has 0 amide bonds. The molecular weight excluding hydrogens is 528 g/mol. The van der Waals surface area contributed by atoms with E-state index in [1.807, 2.05) is 0 Å². The van der Waals surface area contributed by atoms with Crippen LogP contribution in [0.25, 0.3) is 0 Å². The number of anilines is 1. The second kappa shape index (κ2) is 12.9. The van der Waals surface area contributed by atoms with Crippen LogP contribution in [0.4, 0.5) is 17.2 Å². The largest absolute Gasteiger partial charge is 0.507 e. The molecule has 0 spiro atoms. The number of hydrogen-bond acceptors (Lipinski definition) is 11. The van der Waals surface area contributed by atoms with Gasteiger partial charge in [0.1, 0.15) is 17.1 Å². The van der Waals surface area contributed by atoms with Crippen LogP contribution in [0.15, 0.2) is 82.0 Å². The van der Waals surface area contributed by atoms with Gasteiger partial charge < -0.3 is 30.6 Å². The van der Waals surface area contributed by atoms with Gasteiger partial charge in [-0.05, 0) is 54.6 Å². The van der Waals surface area contributed by atoms with E-state index in [-0.39, 0.29) is 27.7 Å². The fourth-order valence-corrected chi connectivity index (χ4v) is 3.46. The molecule has 16 heteroatoms. The minimum atomic E-state index is -3.79. The molecule has 15 nitrogen and oxygen atoms in total. The number of aliphatic hydroxyl groups is 2. The van der Waals surface area contributed by atoms with Gasteiger partial charge in [-0.25, -0.2) is 27.8 Å². The molecule has 3 rings (SSSR count). The predicted molar refractivity (Wildman–Crippen MR) is 128 cm³/mol. The van der Waals surface area contributed by atoms with Crippen molar-refractivity contribution in [3.63, 3.8) is 0 Å². The second-order valence-electron chi connectivity index (χ2n) is 7.09. The molecule has 0 bridgehead atoms. The number of hydrogen-bond donors (Lipinski definition) is 7. The molecule has 0 saturated carbocycles. The molecule has 0 aliphatic heterocycles. The molecule has 0 aliphatic carbocycles. The molecular formula is C22H20N4O11S. The topological polar surface area (TPSA) is 256 Å². The van der Waals surface area contributed by atoms with Crippen LogP contribution >= 0.6 is 0 Å². The summed E-state index contributed by atoms with van der Waals surface area (Å²) < 4.78 is 27.0. The van der Waals surface area contributed by atoms with E-state index in [0.717, 1.165) is 0 Å². The van der Waals surface area contributed by atoms with Crippen LogP contribution < -0.4 is 4.72 Å². The molecule has 0 saturated heterocycles. The first kappa shape index (κ1) is 29.3. The standard InChI is InChI=1S/C18H14N4O5S.C4H6O6/c23-16-9-6-13(11-15(16)18(24)25)21-20-12-4-7-14(8-5-12)28(26,27)22-17-3-1-2-10-19-17;5-1(3(7)8)2(6)4(9)10/h1-11,23H,(H,19,22)(H,24,25);1-2,5-6H,(H,7,8)(H,9,10). The molecule has 7 N–H and O–H groups in total. The van der Waals surface area contributed by atoms with Crippen molar-refractivity contribution in [2.75, 3.05) is 4.72 Å². The van der Waals surface area contributed by atoms with Crippen molar-refractivity contribution in [1.82, 2.24) is 4.98 Å². The number of aliphatic carboxylic acids is 2. The lowest BCUT2D eigenvalue weighted by molar-refractivity contribution is -0.165. The number of nitrogens with zero attached hydrogens (tertiary/aromatic N) is 3. The lowest BCUT2D eigenvalue weighted by Gasteiger charge is -2.07. The molecule has 1 heterocycles. The van der Waals surface area contributed by atoms with Gasteiger partial charge in [-0.2, -0.15) is 10.2 Å². The maximum atomic E-state index is 12.3. The van der Waals surface area contributed by atoms with Gasteiger partial charge in [0.15, 0.2) is 12.2 Å². The van der Waals surface area contributed by atoms with Crippen molar-refractivity contribution in [2.45, 2.75) is 17.1 Å². The van der Waals surface area contributed by atoms with E-state index < -0.39 is 40.1 Å². The van der Waals surface area contributed by atoms with Gasteiger partial charge in [-0.15, -0.1) is 0 Å². The Hall–Kier alpha value is -4.93. The van der Waals surface area contributed by atoms with Crippen LogP contribution in [0.5, 0.6) is 5.75 Å². The number of aromatic carboxylic acids is 1. The van der Waals surface area contributed by atoms with Crippen molar-refractivity contribution >= 4 is 45.1 Å². The molecule has 200 valence electrons. The van der Waals surface area contributed by atoms with Crippen molar-refractivity contribution in [3.8, 4) is 5.75 Å². The lowest BCUT2D eigenvalue weighted by atomic mass is 10.2. The maximum Gasteiger partial charge on any atom is 0.339 e. The zero-order chi connectivity index (χ0) is 28.5. The number of carboxylic acid groups (broad SMARTS) is 3. The molecule has 2 aromatic carbocycles. The monoisotopic (exact) mass is 548 g/mol. The first-order chi connectivity index (χ1) is 17.8. The van der Waals surface area contributed by atoms with E-state index in [4.69, 9.17) is 25.5 Å². The van der Waals surface area contributed by atoms with Gasteiger partial charge in [0.2, 0.25) is 0 Å². The Bertz CT molecular complexity index is 1410. The number of carboxylic acids is 3. The number of phenols is 1. The molecule has 3 aromatic rings. The Morgan fingerprint density at radius 3 is 1.87 bits per heavy atom. The third kappa shape index (κ3) is 8.33. The number of rotatable bonds is 9. The Labute approximate surface area is 214 Å². The van der Waals surface area contributed by atoms with E-state index in [1.54, 1.807) is 12.1 Å². The third-order valence-corrected chi connectivity index (χ3v) is 5.72. The summed E-state index contributed by atoms with van der Waals surface area (Å²) in [5.41, 5.74) is 0.295. The summed E-state index contributed by atoms with van der Waals surface area (Å²) in [6.45, 7) is 0. The summed E-state index contributed by atoms with van der Waals surface area (Å²) in [4.78, 5) is 34.5. The fourth-order valence-electron chi connectivity index (χ4n) is 2.45. The first-order valence-corrected chi connectivity index (χ1v) is 11.6. The number of carbonyl (C=O) groups is 3. The number of nitrogens with one attached hydrogen (secondary N) is 1. The Balaban J connectivity index is 0.000000432. The predicted octanol–water partition coefficient (Wildman–Crippen LogP) is 1.58. The van der Waals surface area contributed by atoms with Gasteiger partial charge in [-0.1, -0.05) is 6.07 Å². The minimum absolute atomic E-state index is 0.0231. The van der Waals surface area contributed by atoms with Crippen LogP contribution in [0.3, 0.4) is 0 Å². The summed E-state index contributed by atoms with van der Waals surface area (Å²) in [6, 6.07) is 14.3. The highest BCUT2D eigenvalue weighted by atomic mass is 32.2. The smallest absolute Gasteiger partial charge is 0.339 e. The summed E-state index contributed by atoms with van der Waals surface area (Å²) in [6.07, 6.45) is -3.06. The van der Waals surface area contributed by atoms with E-state index in [0.29, 0.717) is 5.69 Å².